The molecule has 2 N–H and O–H groups in total. The molecule has 0 aliphatic carbocycles. The SMILES string of the molecule is CC(C)Oc1ccccc1CNC(=O)C1CC(F)(F)CN1. The molecule has 1 saturated heterocycles. The molecule has 1 atom stereocenters. The zero-order chi connectivity index (χ0) is 15.5. The van der Waals surface area contributed by atoms with Gasteiger partial charge in [-0.1, -0.05) is 18.2 Å². The smallest absolute Gasteiger partial charge is 0.262 e. The number of ether oxygens (including phenoxy) is 1. The van der Waals surface area contributed by atoms with Crippen molar-refractivity contribution in [1.29, 1.82) is 0 Å². The van der Waals surface area contributed by atoms with Gasteiger partial charge in [-0.3, -0.25) is 10.1 Å². The van der Waals surface area contributed by atoms with Crippen LogP contribution in [0.3, 0.4) is 0 Å². The summed E-state index contributed by atoms with van der Waals surface area (Å²) in [5.41, 5.74) is 0.823. The summed E-state index contributed by atoms with van der Waals surface area (Å²) in [5.74, 6) is -2.52. The maximum absolute atomic E-state index is 13.1. The van der Waals surface area contributed by atoms with E-state index < -0.39 is 30.8 Å². The van der Waals surface area contributed by atoms with Crippen molar-refractivity contribution < 1.29 is 18.3 Å². The summed E-state index contributed by atoms with van der Waals surface area (Å²) in [5, 5.41) is 5.21. The number of halogens is 2. The lowest BCUT2D eigenvalue weighted by Crippen LogP contribution is -2.40. The normalized spacial score (nSPS) is 20.5. The molecule has 116 valence electrons. The van der Waals surface area contributed by atoms with Crippen LogP contribution < -0.4 is 15.4 Å². The van der Waals surface area contributed by atoms with Gasteiger partial charge in [-0.05, 0) is 19.9 Å². The highest BCUT2D eigenvalue weighted by Gasteiger charge is 2.42. The van der Waals surface area contributed by atoms with E-state index in [0.717, 1.165) is 5.56 Å². The van der Waals surface area contributed by atoms with Gasteiger partial charge in [0.2, 0.25) is 5.91 Å². The Morgan fingerprint density at radius 3 is 2.81 bits per heavy atom. The summed E-state index contributed by atoms with van der Waals surface area (Å²) >= 11 is 0. The number of benzene rings is 1. The molecule has 1 aliphatic rings. The second-order valence-corrected chi connectivity index (χ2v) is 5.49. The summed E-state index contributed by atoms with van der Waals surface area (Å²) in [7, 11) is 0. The molecule has 1 amide bonds. The van der Waals surface area contributed by atoms with E-state index in [2.05, 4.69) is 10.6 Å². The van der Waals surface area contributed by atoms with Crippen molar-refractivity contribution in [2.24, 2.45) is 0 Å². The minimum absolute atomic E-state index is 0.0250. The molecular weight excluding hydrogens is 278 g/mol. The van der Waals surface area contributed by atoms with Gasteiger partial charge in [0.25, 0.3) is 5.92 Å². The van der Waals surface area contributed by atoms with E-state index in [0.29, 0.717) is 5.75 Å². The number of alkyl halides is 2. The van der Waals surface area contributed by atoms with Gasteiger partial charge in [0.1, 0.15) is 5.75 Å². The van der Waals surface area contributed by atoms with Gasteiger partial charge in [-0.25, -0.2) is 8.78 Å². The number of hydrogen-bond acceptors (Lipinski definition) is 3. The molecule has 0 spiro atoms. The molecule has 1 fully saturated rings. The molecule has 6 heteroatoms. The fourth-order valence-electron chi connectivity index (χ4n) is 2.23. The van der Waals surface area contributed by atoms with Crippen LogP contribution in [0.5, 0.6) is 5.75 Å². The maximum atomic E-state index is 13.1. The zero-order valence-electron chi connectivity index (χ0n) is 12.2. The van der Waals surface area contributed by atoms with Crippen LogP contribution in [-0.2, 0) is 11.3 Å². The van der Waals surface area contributed by atoms with E-state index in [4.69, 9.17) is 4.74 Å². The first kappa shape index (κ1) is 15.7. The van der Waals surface area contributed by atoms with E-state index in [-0.39, 0.29) is 12.6 Å². The molecular formula is C15H20F2N2O2. The van der Waals surface area contributed by atoms with E-state index in [1.54, 1.807) is 0 Å². The molecule has 0 aromatic heterocycles. The van der Waals surface area contributed by atoms with Gasteiger partial charge >= 0.3 is 0 Å². The number of para-hydroxylation sites is 1. The largest absolute Gasteiger partial charge is 0.491 e. The molecule has 0 radical (unpaired) electrons. The van der Waals surface area contributed by atoms with Gasteiger partial charge in [0.05, 0.1) is 18.7 Å². The number of carbonyl (C=O) groups is 1. The molecule has 1 aromatic carbocycles. The van der Waals surface area contributed by atoms with E-state index >= 15 is 0 Å². The molecule has 4 nitrogen and oxygen atoms in total. The second kappa shape index (κ2) is 6.39. The second-order valence-electron chi connectivity index (χ2n) is 5.49. The van der Waals surface area contributed by atoms with Crippen LogP contribution in [0.2, 0.25) is 0 Å². The third-order valence-corrected chi connectivity index (χ3v) is 3.21. The van der Waals surface area contributed by atoms with Crippen molar-refractivity contribution in [2.75, 3.05) is 6.54 Å². The van der Waals surface area contributed by atoms with Crippen LogP contribution >= 0.6 is 0 Å². The number of nitrogens with one attached hydrogen (secondary N) is 2. The Kier molecular flexibility index (Phi) is 4.77. The molecule has 1 aromatic rings. The monoisotopic (exact) mass is 298 g/mol. The molecule has 1 unspecified atom stereocenters. The summed E-state index contributed by atoms with van der Waals surface area (Å²) in [6.07, 6.45) is -0.430. The first-order valence-corrected chi connectivity index (χ1v) is 7.01. The third kappa shape index (κ3) is 4.39. The Morgan fingerprint density at radius 1 is 1.48 bits per heavy atom. The summed E-state index contributed by atoms with van der Waals surface area (Å²) in [6, 6.07) is 6.52. The van der Waals surface area contributed by atoms with Crippen molar-refractivity contribution in [3.8, 4) is 5.75 Å². The van der Waals surface area contributed by atoms with Crippen LogP contribution in [0.1, 0.15) is 25.8 Å². The number of hydrogen-bond donors (Lipinski definition) is 2. The van der Waals surface area contributed by atoms with E-state index in [1.807, 2.05) is 38.1 Å². The molecule has 2 rings (SSSR count). The minimum atomic E-state index is -2.80. The van der Waals surface area contributed by atoms with Gasteiger partial charge in [-0.2, -0.15) is 0 Å². The molecule has 1 aliphatic heterocycles. The Morgan fingerprint density at radius 2 is 2.19 bits per heavy atom. The molecule has 1 heterocycles. The van der Waals surface area contributed by atoms with Gasteiger partial charge in [0.15, 0.2) is 0 Å². The van der Waals surface area contributed by atoms with Gasteiger partial charge in [-0.15, -0.1) is 0 Å². The Bertz CT molecular complexity index is 506. The van der Waals surface area contributed by atoms with Crippen LogP contribution in [0.25, 0.3) is 0 Å². The average Bonchev–Trinajstić information content (AvgIpc) is 2.77. The third-order valence-electron chi connectivity index (χ3n) is 3.21. The van der Waals surface area contributed by atoms with Crippen molar-refractivity contribution in [3.63, 3.8) is 0 Å². The Balaban J connectivity index is 1.93. The van der Waals surface area contributed by atoms with Crippen molar-refractivity contribution in [1.82, 2.24) is 10.6 Å². The highest BCUT2D eigenvalue weighted by Crippen LogP contribution is 2.25. The maximum Gasteiger partial charge on any atom is 0.262 e. The van der Waals surface area contributed by atoms with E-state index in [1.165, 1.54) is 0 Å². The topological polar surface area (TPSA) is 50.4 Å². The van der Waals surface area contributed by atoms with Crippen LogP contribution in [0, 0.1) is 0 Å². The van der Waals surface area contributed by atoms with Crippen LogP contribution in [0.15, 0.2) is 24.3 Å². The average molecular weight is 298 g/mol. The Labute approximate surface area is 122 Å². The van der Waals surface area contributed by atoms with Gasteiger partial charge < -0.3 is 10.1 Å². The van der Waals surface area contributed by atoms with Crippen LogP contribution in [0.4, 0.5) is 8.78 Å². The molecule has 0 saturated carbocycles. The Hall–Kier alpha value is -1.69. The fourth-order valence-corrected chi connectivity index (χ4v) is 2.23. The lowest BCUT2D eigenvalue weighted by Gasteiger charge is -2.16. The summed E-state index contributed by atoms with van der Waals surface area (Å²) in [6.45, 7) is 3.64. The van der Waals surface area contributed by atoms with Crippen molar-refractivity contribution >= 4 is 5.91 Å². The predicted molar refractivity (Wildman–Crippen MR) is 75.4 cm³/mol. The lowest BCUT2D eigenvalue weighted by molar-refractivity contribution is -0.123. The molecule has 21 heavy (non-hydrogen) atoms. The lowest BCUT2D eigenvalue weighted by atomic mass is 10.1. The summed E-state index contributed by atoms with van der Waals surface area (Å²) < 4.78 is 31.8. The predicted octanol–water partition coefficient (Wildman–Crippen LogP) is 2.09. The minimum Gasteiger partial charge on any atom is -0.491 e. The van der Waals surface area contributed by atoms with Crippen LogP contribution in [-0.4, -0.2) is 30.5 Å². The standard InChI is InChI=1S/C15H20F2N2O2/c1-10(2)21-13-6-4-3-5-11(13)8-18-14(20)12-7-15(16,17)9-19-12/h3-6,10,12,19H,7-9H2,1-2H3,(H,18,20). The summed E-state index contributed by atoms with van der Waals surface area (Å²) in [4.78, 5) is 11.9. The first-order valence-electron chi connectivity index (χ1n) is 7.01. The number of amides is 1. The van der Waals surface area contributed by atoms with Crippen molar-refractivity contribution in [3.05, 3.63) is 29.8 Å². The quantitative estimate of drug-likeness (QED) is 0.875. The van der Waals surface area contributed by atoms with E-state index in [9.17, 15) is 13.6 Å². The highest BCUT2D eigenvalue weighted by atomic mass is 19.3. The number of carbonyl (C=O) groups excluding carboxylic acids is 1. The fraction of sp³-hybridized carbons (Fsp3) is 0.533. The zero-order valence-corrected chi connectivity index (χ0v) is 12.2. The highest BCUT2D eigenvalue weighted by molar-refractivity contribution is 5.82. The number of rotatable bonds is 5. The molecule has 0 bridgehead atoms. The van der Waals surface area contributed by atoms with Gasteiger partial charge in [0, 0.05) is 18.5 Å². The van der Waals surface area contributed by atoms with Crippen molar-refractivity contribution in [2.45, 2.75) is 44.9 Å². The first-order chi connectivity index (χ1) is 9.87.